The molecule has 31 heavy (non-hydrogen) atoms. The first kappa shape index (κ1) is 23.3. The van der Waals surface area contributed by atoms with Crippen LogP contribution < -0.4 is 9.47 Å². The Morgan fingerprint density at radius 2 is 1.45 bits per heavy atom. The van der Waals surface area contributed by atoms with Gasteiger partial charge in [-0.2, -0.15) is 0 Å². The minimum atomic E-state index is -0.330. The highest BCUT2D eigenvalue weighted by Gasteiger charge is 2.44. The molecule has 8 heteroatoms. The van der Waals surface area contributed by atoms with Gasteiger partial charge in [0.05, 0.1) is 39.3 Å². The van der Waals surface area contributed by atoms with Gasteiger partial charge < -0.3 is 9.47 Å². The summed E-state index contributed by atoms with van der Waals surface area (Å²) in [6.45, 7) is 17.8. The third-order valence-electron chi connectivity index (χ3n) is 4.44. The molecule has 0 spiro atoms. The highest BCUT2D eigenvalue weighted by atomic mass is 32.2. The molecule has 1 fully saturated rings. The summed E-state index contributed by atoms with van der Waals surface area (Å²) in [5.41, 5.74) is 1.12. The van der Waals surface area contributed by atoms with Crippen LogP contribution in [0.5, 0.6) is 11.5 Å². The van der Waals surface area contributed by atoms with E-state index in [1.54, 1.807) is 12.2 Å². The summed E-state index contributed by atoms with van der Waals surface area (Å²) in [6, 6.07) is 1.96. The lowest BCUT2D eigenvalue weighted by Crippen LogP contribution is -2.40. The second-order valence-corrected chi connectivity index (χ2v) is 10.0. The molecule has 1 saturated heterocycles. The normalized spacial score (nSPS) is 16.0. The molecule has 0 bridgehead atoms. The quantitative estimate of drug-likeness (QED) is 0.311. The van der Waals surface area contributed by atoms with E-state index in [1.807, 2.05) is 40.7 Å². The Hall–Kier alpha value is -2.32. The van der Waals surface area contributed by atoms with E-state index in [0.717, 1.165) is 26.9 Å². The van der Waals surface area contributed by atoms with E-state index in [9.17, 15) is 9.59 Å². The number of thioether (sulfide) groups is 2. The maximum absolute atomic E-state index is 13.2. The second-order valence-electron chi connectivity index (χ2n) is 7.73. The van der Waals surface area contributed by atoms with E-state index < -0.39 is 0 Å². The predicted molar refractivity (Wildman–Crippen MR) is 125 cm³/mol. The molecule has 2 heterocycles. The number of hydrogen-bond acceptors (Lipinski definition) is 6. The van der Waals surface area contributed by atoms with Crippen molar-refractivity contribution in [3.63, 3.8) is 0 Å². The predicted octanol–water partition coefficient (Wildman–Crippen LogP) is 4.94. The van der Waals surface area contributed by atoms with E-state index >= 15 is 0 Å². The molecule has 1 aromatic carbocycles. The number of hydrogen-bond donors (Lipinski definition) is 0. The number of rotatable bonds is 8. The van der Waals surface area contributed by atoms with E-state index in [0.29, 0.717) is 4.24 Å². The monoisotopic (exact) mass is 460 g/mol. The Bertz CT molecular complexity index is 939. The van der Waals surface area contributed by atoms with Crippen LogP contribution in [-0.2, 0) is 9.59 Å². The first-order valence-electron chi connectivity index (χ1n) is 10.2. The van der Waals surface area contributed by atoms with Crippen molar-refractivity contribution >= 4 is 35.3 Å². The molecule has 0 radical (unpaired) electrons. The summed E-state index contributed by atoms with van der Waals surface area (Å²) in [4.78, 5) is 28.1. The SMILES string of the molecule is C=CCN1C(=O)C(=C2Sc3c(OC(C)C)cc(C)c(OC(C)C)c3S2)C(=O)N1CC=C. The van der Waals surface area contributed by atoms with E-state index in [1.165, 1.54) is 33.5 Å². The molecule has 0 unspecified atom stereocenters. The van der Waals surface area contributed by atoms with Crippen LogP contribution in [0, 0.1) is 6.92 Å². The average molecular weight is 461 g/mol. The maximum atomic E-state index is 13.2. The number of benzene rings is 1. The number of carbonyl (C=O) groups excluding carboxylic acids is 2. The molecule has 0 saturated carbocycles. The number of fused-ring (bicyclic) bond motifs is 1. The van der Waals surface area contributed by atoms with E-state index in [-0.39, 0.29) is 42.7 Å². The van der Waals surface area contributed by atoms with Gasteiger partial charge in [-0.25, -0.2) is 10.0 Å². The zero-order valence-electron chi connectivity index (χ0n) is 18.6. The van der Waals surface area contributed by atoms with Crippen LogP contribution in [0.25, 0.3) is 0 Å². The van der Waals surface area contributed by atoms with Gasteiger partial charge in [0, 0.05) is 0 Å². The second kappa shape index (κ2) is 9.44. The molecule has 0 aromatic heterocycles. The van der Waals surface area contributed by atoms with Gasteiger partial charge in [-0.3, -0.25) is 9.59 Å². The third-order valence-corrected chi connectivity index (χ3v) is 7.06. The highest BCUT2D eigenvalue weighted by molar-refractivity contribution is 8.25. The average Bonchev–Trinajstić information content (AvgIpc) is 3.20. The first-order chi connectivity index (χ1) is 14.7. The molecule has 2 aliphatic rings. The molecule has 1 aromatic rings. The summed E-state index contributed by atoms with van der Waals surface area (Å²) in [5.74, 6) is 0.835. The fourth-order valence-corrected chi connectivity index (χ4v) is 6.02. The Kier molecular flexibility index (Phi) is 7.11. The van der Waals surface area contributed by atoms with Crippen molar-refractivity contribution in [2.24, 2.45) is 0 Å². The van der Waals surface area contributed by atoms with Crippen molar-refractivity contribution in [3.05, 3.63) is 46.8 Å². The lowest BCUT2D eigenvalue weighted by Gasteiger charge is -2.24. The van der Waals surface area contributed by atoms with Crippen LogP contribution in [0.15, 0.2) is 51.0 Å². The Morgan fingerprint density at radius 1 is 0.935 bits per heavy atom. The minimum absolute atomic E-state index is 0.0106. The number of aryl methyl sites for hydroxylation is 1. The van der Waals surface area contributed by atoms with E-state index in [2.05, 4.69) is 13.2 Å². The van der Waals surface area contributed by atoms with Gasteiger partial charge in [-0.15, -0.1) is 13.2 Å². The van der Waals surface area contributed by atoms with Crippen LogP contribution >= 0.6 is 23.5 Å². The standard InChI is InChI=1S/C23H28N2O4S2/c1-8-10-24-21(26)17(22(27)25(24)11-9-2)23-30-19-16(28-13(3)4)12-15(7)18(20(19)31-23)29-14(5)6/h8-9,12-14H,1-2,10-11H2,3-7H3. The van der Waals surface area contributed by atoms with Crippen molar-refractivity contribution in [2.75, 3.05) is 13.1 Å². The van der Waals surface area contributed by atoms with Gasteiger partial charge in [0.1, 0.15) is 17.1 Å². The number of hydrazine groups is 1. The molecule has 0 atom stereocenters. The zero-order valence-corrected chi connectivity index (χ0v) is 20.2. The molecule has 0 aliphatic carbocycles. The molecule has 166 valence electrons. The Balaban J connectivity index is 2.11. The molecule has 2 amide bonds. The van der Waals surface area contributed by atoms with Crippen molar-refractivity contribution in [3.8, 4) is 11.5 Å². The van der Waals surface area contributed by atoms with Gasteiger partial charge >= 0.3 is 0 Å². The summed E-state index contributed by atoms with van der Waals surface area (Å²) < 4.78 is 12.8. The summed E-state index contributed by atoms with van der Waals surface area (Å²) in [6.07, 6.45) is 3.18. The minimum Gasteiger partial charge on any atom is -0.490 e. The van der Waals surface area contributed by atoms with Gasteiger partial charge in [0.2, 0.25) is 0 Å². The highest BCUT2D eigenvalue weighted by Crippen LogP contribution is 2.60. The van der Waals surface area contributed by atoms with Gasteiger partial charge in [-0.05, 0) is 46.2 Å². The van der Waals surface area contributed by atoms with Gasteiger partial charge in [-0.1, -0.05) is 35.7 Å². The number of ether oxygens (including phenoxy) is 2. The molecule has 6 nitrogen and oxygen atoms in total. The lowest BCUT2D eigenvalue weighted by atomic mass is 10.2. The fraction of sp³-hybridized carbons (Fsp3) is 0.391. The molecular weight excluding hydrogens is 432 g/mol. The zero-order chi connectivity index (χ0) is 22.9. The van der Waals surface area contributed by atoms with Gasteiger partial charge in [0.15, 0.2) is 0 Å². The summed E-state index contributed by atoms with van der Waals surface area (Å²) in [7, 11) is 0. The van der Waals surface area contributed by atoms with Crippen LogP contribution in [-0.4, -0.2) is 47.1 Å². The topological polar surface area (TPSA) is 59.1 Å². The summed E-state index contributed by atoms with van der Waals surface area (Å²) >= 11 is 2.79. The number of amides is 2. The number of carbonyl (C=O) groups is 2. The third kappa shape index (κ3) is 4.50. The van der Waals surface area contributed by atoms with Crippen LogP contribution in [0.3, 0.4) is 0 Å². The van der Waals surface area contributed by atoms with Crippen molar-refractivity contribution in [2.45, 2.75) is 56.6 Å². The Morgan fingerprint density at radius 3 is 1.94 bits per heavy atom. The lowest BCUT2D eigenvalue weighted by molar-refractivity contribution is -0.144. The molecule has 0 N–H and O–H groups in total. The number of nitrogens with zero attached hydrogens (tertiary/aromatic N) is 2. The van der Waals surface area contributed by atoms with E-state index in [4.69, 9.17) is 9.47 Å². The van der Waals surface area contributed by atoms with Crippen LogP contribution in [0.1, 0.15) is 33.3 Å². The van der Waals surface area contributed by atoms with Crippen LogP contribution in [0.2, 0.25) is 0 Å². The Labute approximate surface area is 192 Å². The largest absolute Gasteiger partial charge is 0.490 e. The van der Waals surface area contributed by atoms with Gasteiger partial charge in [0.25, 0.3) is 11.8 Å². The maximum Gasteiger partial charge on any atom is 0.280 e. The van der Waals surface area contributed by atoms with Crippen molar-refractivity contribution in [1.29, 1.82) is 0 Å². The summed E-state index contributed by atoms with van der Waals surface area (Å²) in [5, 5.41) is 2.82. The van der Waals surface area contributed by atoms with Crippen molar-refractivity contribution in [1.82, 2.24) is 10.0 Å². The molecular formula is C23H28N2O4S2. The molecule has 3 rings (SSSR count). The smallest absolute Gasteiger partial charge is 0.280 e. The molecule has 2 aliphatic heterocycles. The fourth-order valence-electron chi connectivity index (χ4n) is 3.29. The first-order valence-corrected chi connectivity index (χ1v) is 11.8. The van der Waals surface area contributed by atoms with Crippen LogP contribution in [0.4, 0.5) is 0 Å². The van der Waals surface area contributed by atoms with Crippen molar-refractivity contribution < 1.29 is 19.1 Å².